The Labute approximate surface area is 114 Å². The maximum atomic E-state index is 11.6. The number of primary amides is 1. The minimum absolute atomic E-state index is 0.0204. The topological polar surface area (TPSA) is 142 Å². The molecule has 0 atom stereocenters. The number of nitrogens with two attached hydrogens (primary N) is 2. The van der Waals surface area contributed by atoms with Crippen molar-refractivity contribution in [3.05, 3.63) is 35.9 Å². The Morgan fingerprint density at radius 3 is 2.50 bits per heavy atom. The highest BCUT2D eigenvalue weighted by Crippen LogP contribution is 2.27. The van der Waals surface area contributed by atoms with E-state index in [1.165, 1.54) is 24.5 Å². The lowest BCUT2D eigenvalue weighted by atomic mass is 10.1. The molecule has 2 aromatic rings. The van der Waals surface area contributed by atoms with E-state index < -0.39 is 15.9 Å². The summed E-state index contributed by atoms with van der Waals surface area (Å²) in [6.45, 7) is 1.61. The van der Waals surface area contributed by atoms with E-state index in [0.717, 1.165) is 0 Å². The average molecular weight is 293 g/mol. The maximum Gasteiger partial charge on any atom is 0.249 e. The van der Waals surface area contributed by atoms with Gasteiger partial charge in [-0.15, -0.1) is 0 Å². The number of sulfonamides is 1. The quantitative estimate of drug-likeness (QED) is 0.787. The molecule has 0 fully saturated rings. The van der Waals surface area contributed by atoms with Gasteiger partial charge in [0.05, 0.1) is 16.0 Å². The minimum atomic E-state index is -4.06. The molecule has 4 N–H and O–H groups in total. The molecule has 0 aliphatic carbocycles. The van der Waals surface area contributed by atoms with Crippen molar-refractivity contribution < 1.29 is 13.2 Å². The van der Waals surface area contributed by atoms with Crippen LogP contribution in [-0.2, 0) is 10.0 Å². The third-order valence-electron chi connectivity index (χ3n) is 2.51. The van der Waals surface area contributed by atoms with Crippen LogP contribution in [0.1, 0.15) is 16.2 Å². The van der Waals surface area contributed by atoms with Crippen LogP contribution in [-0.4, -0.2) is 29.3 Å². The van der Waals surface area contributed by atoms with E-state index >= 15 is 0 Å². The molecule has 9 heteroatoms. The highest BCUT2D eigenvalue weighted by atomic mass is 32.2. The second-order valence-corrected chi connectivity index (χ2v) is 5.47. The van der Waals surface area contributed by atoms with Crippen molar-refractivity contribution in [3.8, 4) is 11.4 Å². The molecule has 1 heterocycles. The SMILES string of the molecule is Cc1ncnc(-c2c(C(N)=O)cccc2S(N)(=O)=O)n1. The number of amides is 1. The van der Waals surface area contributed by atoms with Crippen LogP contribution in [0.5, 0.6) is 0 Å². The van der Waals surface area contributed by atoms with Gasteiger partial charge < -0.3 is 5.73 Å². The zero-order valence-electron chi connectivity index (χ0n) is 10.4. The number of aromatic nitrogens is 3. The van der Waals surface area contributed by atoms with Gasteiger partial charge in [0.25, 0.3) is 0 Å². The van der Waals surface area contributed by atoms with Gasteiger partial charge in [-0.05, 0) is 19.1 Å². The molecule has 1 aromatic heterocycles. The molecule has 0 aliphatic rings. The molecule has 0 spiro atoms. The van der Waals surface area contributed by atoms with Gasteiger partial charge in [0.15, 0.2) is 5.82 Å². The zero-order chi connectivity index (χ0) is 14.9. The van der Waals surface area contributed by atoms with E-state index in [0.29, 0.717) is 5.82 Å². The fourth-order valence-electron chi connectivity index (χ4n) is 1.70. The van der Waals surface area contributed by atoms with Gasteiger partial charge in [-0.2, -0.15) is 0 Å². The van der Waals surface area contributed by atoms with Gasteiger partial charge in [0.1, 0.15) is 12.2 Å². The number of carbonyl (C=O) groups excluding carboxylic acids is 1. The Kier molecular flexibility index (Phi) is 3.47. The summed E-state index contributed by atoms with van der Waals surface area (Å²) in [5, 5.41) is 5.15. The fourth-order valence-corrected chi connectivity index (χ4v) is 2.46. The van der Waals surface area contributed by atoms with Crippen molar-refractivity contribution in [1.82, 2.24) is 15.0 Å². The van der Waals surface area contributed by atoms with Gasteiger partial charge in [-0.3, -0.25) is 4.79 Å². The third kappa shape index (κ3) is 2.63. The number of benzene rings is 1. The van der Waals surface area contributed by atoms with E-state index in [9.17, 15) is 13.2 Å². The average Bonchev–Trinajstić information content (AvgIpc) is 2.36. The smallest absolute Gasteiger partial charge is 0.249 e. The first kappa shape index (κ1) is 14.0. The van der Waals surface area contributed by atoms with Crippen LogP contribution in [0.3, 0.4) is 0 Å². The number of hydrogen-bond donors (Lipinski definition) is 2. The summed E-state index contributed by atoms with van der Waals surface area (Å²) in [6.07, 6.45) is 1.21. The van der Waals surface area contributed by atoms with Crippen molar-refractivity contribution in [1.29, 1.82) is 0 Å². The van der Waals surface area contributed by atoms with Crippen molar-refractivity contribution in [2.45, 2.75) is 11.8 Å². The molecular weight excluding hydrogens is 282 g/mol. The standard InChI is InChI=1S/C11H11N5O3S/c1-6-14-5-15-11(16-6)9-7(10(12)17)3-2-4-8(9)20(13,18)19/h2-5H,1H3,(H2,12,17)(H2,13,18,19). The van der Waals surface area contributed by atoms with Gasteiger partial charge in [0, 0.05) is 0 Å². The van der Waals surface area contributed by atoms with Crippen LogP contribution in [0.2, 0.25) is 0 Å². The Morgan fingerprint density at radius 2 is 1.95 bits per heavy atom. The van der Waals surface area contributed by atoms with Crippen LogP contribution in [0, 0.1) is 6.92 Å². The number of hydrogen-bond acceptors (Lipinski definition) is 6. The molecule has 1 amide bonds. The number of aryl methyl sites for hydroxylation is 1. The minimum Gasteiger partial charge on any atom is -0.366 e. The van der Waals surface area contributed by atoms with Crippen molar-refractivity contribution >= 4 is 15.9 Å². The van der Waals surface area contributed by atoms with Gasteiger partial charge in [0.2, 0.25) is 15.9 Å². The molecule has 0 bridgehead atoms. The summed E-state index contributed by atoms with van der Waals surface area (Å²) in [7, 11) is -4.06. The van der Waals surface area contributed by atoms with Crippen LogP contribution >= 0.6 is 0 Å². The van der Waals surface area contributed by atoms with E-state index in [1.54, 1.807) is 6.92 Å². The molecule has 2 rings (SSSR count). The second-order valence-electron chi connectivity index (χ2n) is 3.94. The maximum absolute atomic E-state index is 11.6. The lowest BCUT2D eigenvalue weighted by Gasteiger charge is -2.10. The van der Waals surface area contributed by atoms with Crippen LogP contribution in [0.15, 0.2) is 29.4 Å². The Bertz CT molecular complexity index is 788. The summed E-state index contributed by atoms with van der Waals surface area (Å²) >= 11 is 0. The predicted molar refractivity (Wildman–Crippen MR) is 69.9 cm³/mol. The van der Waals surface area contributed by atoms with Gasteiger partial charge in [-0.1, -0.05) is 6.07 Å². The summed E-state index contributed by atoms with van der Waals surface area (Å²) in [4.78, 5) is 22.9. The largest absolute Gasteiger partial charge is 0.366 e. The molecule has 0 unspecified atom stereocenters. The Hall–Kier alpha value is -2.39. The molecule has 0 saturated carbocycles. The summed E-state index contributed by atoms with van der Waals surface area (Å²) in [5.41, 5.74) is 5.21. The highest BCUT2D eigenvalue weighted by molar-refractivity contribution is 7.89. The van der Waals surface area contributed by atoms with E-state index in [4.69, 9.17) is 10.9 Å². The lowest BCUT2D eigenvalue weighted by molar-refractivity contribution is 0.100. The lowest BCUT2D eigenvalue weighted by Crippen LogP contribution is -2.19. The molecule has 104 valence electrons. The molecule has 20 heavy (non-hydrogen) atoms. The normalized spacial score (nSPS) is 11.3. The van der Waals surface area contributed by atoms with Crippen LogP contribution in [0.4, 0.5) is 0 Å². The summed E-state index contributed by atoms with van der Waals surface area (Å²) in [5.74, 6) is -0.408. The first-order valence-electron chi connectivity index (χ1n) is 5.42. The van der Waals surface area contributed by atoms with E-state index in [-0.39, 0.29) is 21.8 Å². The van der Waals surface area contributed by atoms with Gasteiger partial charge >= 0.3 is 0 Å². The Morgan fingerprint density at radius 1 is 1.25 bits per heavy atom. The predicted octanol–water partition coefficient (Wildman–Crippen LogP) is -0.407. The Balaban J connectivity index is 2.88. The first-order chi connectivity index (χ1) is 9.30. The van der Waals surface area contributed by atoms with Crippen LogP contribution in [0.25, 0.3) is 11.4 Å². The first-order valence-corrected chi connectivity index (χ1v) is 6.97. The second kappa shape index (κ2) is 4.94. The third-order valence-corrected chi connectivity index (χ3v) is 3.47. The zero-order valence-corrected chi connectivity index (χ0v) is 11.3. The van der Waals surface area contributed by atoms with E-state index in [2.05, 4.69) is 15.0 Å². The van der Waals surface area contributed by atoms with E-state index in [1.807, 2.05) is 0 Å². The summed E-state index contributed by atoms with van der Waals surface area (Å²) < 4.78 is 23.3. The molecule has 8 nitrogen and oxygen atoms in total. The van der Waals surface area contributed by atoms with Gasteiger partial charge in [-0.25, -0.2) is 28.5 Å². The van der Waals surface area contributed by atoms with Crippen LogP contribution < -0.4 is 10.9 Å². The highest BCUT2D eigenvalue weighted by Gasteiger charge is 2.22. The van der Waals surface area contributed by atoms with Crippen molar-refractivity contribution in [2.75, 3.05) is 0 Å². The fraction of sp³-hybridized carbons (Fsp3) is 0.0909. The molecular formula is C11H11N5O3S. The molecule has 0 radical (unpaired) electrons. The number of primary sulfonamides is 1. The van der Waals surface area contributed by atoms with Crippen molar-refractivity contribution in [2.24, 2.45) is 10.9 Å². The monoisotopic (exact) mass is 293 g/mol. The summed E-state index contributed by atoms with van der Waals surface area (Å²) in [6, 6.07) is 4.01. The number of carbonyl (C=O) groups is 1. The van der Waals surface area contributed by atoms with Crippen molar-refractivity contribution in [3.63, 3.8) is 0 Å². The number of nitrogens with zero attached hydrogens (tertiary/aromatic N) is 3. The molecule has 1 aromatic carbocycles. The molecule has 0 aliphatic heterocycles. The molecule has 0 saturated heterocycles. The number of rotatable bonds is 3.